The fourth-order valence-electron chi connectivity index (χ4n) is 8.21. The molecule has 266 valence electrons. The fourth-order valence-corrected chi connectivity index (χ4v) is 10.6. The van der Waals surface area contributed by atoms with Crippen LogP contribution in [0.3, 0.4) is 0 Å². The van der Waals surface area contributed by atoms with E-state index in [1.165, 1.54) is 57.0 Å². The van der Waals surface area contributed by atoms with Crippen LogP contribution >= 0.6 is 22.7 Å². The van der Waals surface area contributed by atoms with E-state index >= 15 is 0 Å². The summed E-state index contributed by atoms with van der Waals surface area (Å²) in [5.74, 6) is 1.87. The summed E-state index contributed by atoms with van der Waals surface area (Å²) in [5, 5.41) is 7.34. The zero-order chi connectivity index (χ0) is 37.5. The van der Waals surface area contributed by atoms with Gasteiger partial charge in [0.25, 0.3) is 0 Å². The Kier molecular flexibility index (Phi) is 7.24. The van der Waals surface area contributed by atoms with Crippen LogP contribution < -0.4 is 0 Å². The number of hydrogen-bond acceptors (Lipinski definition) is 6. The Balaban J connectivity index is 0.983. The molecule has 4 aromatic heterocycles. The predicted molar refractivity (Wildman–Crippen MR) is 240 cm³/mol. The second-order valence-electron chi connectivity index (χ2n) is 14.3. The molecule has 12 aromatic rings. The van der Waals surface area contributed by atoms with Gasteiger partial charge in [0, 0.05) is 67.8 Å². The number of furan rings is 1. The Bertz CT molecular complexity index is 3470. The summed E-state index contributed by atoms with van der Waals surface area (Å²) in [6.45, 7) is 0. The van der Waals surface area contributed by atoms with Crippen LogP contribution in [0, 0.1) is 0 Å². The van der Waals surface area contributed by atoms with Gasteiger partial charge in [0.2, 0.25) is 0 Å². The number of benzene rings is 8. The molecular weight excluding hydrogens is 735 g/mol. The van der Waals surface area contributed by atoms with Crippen molar-refractivity contribution in [3.8, 4) is 56.4 Å². The van der Waals surface area contributed by atoms with Gasteiger partial charge in [0.1, 0.15) is 11.2 Å². The largest absolute Gasteiger partial charge is 0.456 e. The molecule has 4 nitrogen and oxygen atoms in total. The summed E-state index contributed by atoms with van der Waals surface area (Å²) < 4.78 is 11.9. The molecule has 0 bridgehead atoms. The van der Waals surface area contributed by atoms with Gasteiger partial charge in [-0.15, -0.1) is 22.7 Å². The molecule has 4 heterocycles. The molecule has 0 aliphatic carbocycles. The number of aromatic nitrogens is 3. The Hall–Kier alpha value is -6.99. The third kappa shape index (κ3) is 5.30. The molecule has 0 unspecified atom stereocenters. The van der Waals surface area contributed by atoms with Gasteiger partial charge in [-0.1, -0.05) is 127 Å². The van der Waals surface area contributed by atoms with E-state index in [0.29, 0.717) is 17.5 Å². The van der Waals surface area contributed by atoms with Crippen LogP contribution in [0.2, 0.25) is 0 Å². The molecule has 12 rings (SSSR count). The van der Waals surface area contributed by atoms with Gasteiger partial charge in [-0.25, -0.2) is 15.0 Å². The molecule has 57 heavy (non-hydrogen) atoms. The summed E-state index contributed by atoms with van der Waals surface area (Å²) in [5.41, 5.74) is 9.20. The smallest absolute Gasteiger partial charge is 0.164 e. The van der Waals surface area contributed by atoms with Crippen molar-refractivity contribution < 1.29 is 4.42 Å². The van der Waals surface area contributed by atoms with E-state index in [1.807, 2.05) is 83.3 Å². The lowest BCUT2D eigenvalue weighted by Gasteiger charge is -2.10. The Morgan fingerprint density at radius 1 is 0.333 bits per heavy atom. The minimum Gasteiger partial charge on any atom is -0.456 e. The molecule has 0 spiro atoms. The van der Waals surface area contributed by atoms with Gasteiger partial charge in [0.05, 0.1) is 0 Å². The fraction of sp³-hybridized carbons (Fsp3) is 0. The summed E-state index contributed by atoms with van der Waals surface area (Å²) in [6.07, 6.45) is 0. The first-order valence-corrected chi connectivity index (χ1v) is 20.6. The van der Waals surface area contributed by atoms with Crippen molar-refractivity contribution in [1.29, 1.82) is 0 Å². The van der Waals surface area contributed by atoms with Crippen molar-refractivity contribution in [2.75, 3.05) is 0 Å². The summed E-state index contributed by atoms with van der Waals surface area (Å²) >= 11 is 3.72. The number of fused-ring (bicyclic) bond motifs is 9. The quantitative estimate of drug-likeness (QED) is 0.175. The summed E-state index contributed by atoms with van der Waals surface area (Å²) in [7, 11) is 0. The zero-order valence-electron chi connectivity index (χ0n) is 30.3. The van der Waals surface area contributed by atoms with Crippen molar-refractivity contribution >= 4 is 85.0 Å². The van der Waals surface area contributed by atoms with Crippen LogP contribution in [0.4, 0.5) is 0 Å². The third-order valence-corrected chi connectivity index (χ3v) is 13.3. The molecule has 0 saturated carbocycles. The lowest BCUT2D eigenvalue weighted by atomic mass is 9.94. The van der Waals surface area contributed by atoms with Crippen LogP contribution in [0.15, 0.2) is 180 Å². The first-order valence-electron chi connectivity index (χ1n) is 18.9. The highest BCUT2D eigenvalue weighted by molar-refractivity contribution is 7.26. The topological polar surface area (TPSA) is 51.8 Å². The number of hydrogen-bond donors (Lipinski definition) is 0. The van der Waals surface area contributed by atoms with Crippen LogP contribution in [0.25, 0.3) is 119 Å². The van der Waals surface area contributed by atoms with Crippen LogP contribution in [0.5, 0.6) is 0 Å². The second kappa shape index (κ2) is 12.8. The van der Waals surface area contributed by atoms with Crippen molar-refractivity contribution in [3.63, 3.8) is 0 Å². The molecule has 0 saturated heterocycles. The second-order valence-corrected chi connectivity index (χ2v) is 16.5. The summed E-state index contributed by atoms with van der Waals surface area (Å²) in [4.78, 5) is 14.8. The number of rotatable bonds is 5. The summed E-state index contributed by atoms with van der Waals surface area (Å²) in [6, 6.07) is 62.1. The van der Waals surface area contributed by atoms with Gasteiger partial charge in [-0.3, -0.25) is 0 Å². The molecule has 8 aromatic carbocycles. The molecular formula is C51H29N3OS2. The van der Waals surface area contributed by atoms with Gasteiger partial charge in [0.15, 0.2) is 17.5 Å². The minimum atomic E-state index is 0.601. The van der Waals surface area contributed by atoms with Crippen molar-refractivity contribution in [1.82, 2.24) is 15.0 Å². The Morgan fingerprint density at radius 3 is 1.54 bits per heavy atom. The van der Waals surface area contributed by atoms with Gasteiger partial charge >= 0.3 is 0 Å². The minimum absolute atomic E-state index is 0.601. The lowest BCUT2D eigenvalue weighted by Crippen LogP contribution is -2.00. The molecule has 6 heteroatoms. The van der Waals surface area contributed by atoms with Gasteiger partial charge < -0.3 is 4.42 Å². The maximum Gasteiger partial charge on any atom is 0.164 e. The average molecular weight is 764 g/mol. The van der Waals surface area contributed by atoms with E-state index in [9.17, 15) is 0 Å². The molecule has 0 fully saturated rings. The normalized spacial score (nSPS) is 11.9. The van der Waals surface area contributed by atoms with E-state index in [4.69, 9.17) is 19.4 Å². The first kappa shape index (κ1) is 32.3. The van der Waals surface area contributed by atoms with E-state index in [-0.39, 0.29) is 0 Å². The molecule has 0 aliphatic rings. The zero-order valence-corrected chi connectivity index (χ0v) is 31.9. The molecule has 0 radical (unpaired) electrons. The third-order valence-electron chi connectivity index (χ3n) is 11.0. The maximum absolute atomic E-state index is 6.67. The highest BCUT2D eigenvalue weighted by atomic mass is 32.1. The van der Waals surface area contributed by atoms with Crippen molar-refractivity contribution in [2.45, 2.75) is 0 Å². The Morgan fingerprint density at radius 2 is 0.842 bits per heavy atom. The Labute approximate surface area is 335 Å². The first-order chi connectivity index (χ1) is 28.2. The highest BCUT2D eigenvalue weighted by Gasteiger charge is 2.19. The molecule has 0 atom stereocenters. The number of nitrogens with zero attached hydrogens (tertiary/aromatic N) is 3. The predicted octanol–water partition coefficient (Wildman–Crippen LogP) is 14.8. The van der Waals surface area contributed by atoms with Crippen LogP contribution in [-0.2, 0) is 0 Å². The standard InChI is InChI=1S/C51H29N3OS2/c1-3-11-30(12-4-1)49-52-50(31-13-5-2-6-14-31)54-51(53-49)34-20-23-38-37-22-19-33(28-42(37)55-43(38)29-34)36-25-24-35(47-40-16-8-10-18-45(40)57-48(36)47)32-21-26-46-41(27-32)39-15-7-9-17-44(39)56-46/h1-29H. The van der Waals surface area contributed by atoms with Crippen molar-refractivity contribution in [2.24, 2.45) is 0 Å². The SMILES string of the molecule is c1ccc(-c2nc(-c3ccccc3)nc(-c3ccc4c(c3)oc3cc(-c5ccc(-c6ccc7sc8ccccc8c7c6)c6c5sc5ccccc56)ccc34)n2)cc1. The average Bonchev–Trinajstić information content (AvgIpc) is 3.97. The monoisotopic (exact) mass is 763 g/mol. The van der Waals surface area contributed by atoms with E-state index in [2.05, 4.69) is 115 Å². The van der Waals surface area contributed by atoms with Crippen LogP contribution in [-0.4, -0.2) is 15.0 Å². The molecule has 0 aliphatic heterocycles. The van der Waals surface area contributed by atoms with Gasteiger partial charge in [-0.2, -0.15) is 0 Å². The van der Waals surface area contributed by atoms with Crippen molar-refractivity contribution in [3.05, 3.63) is 176 Å². The van der Waals surface area contributed by atoms with Gasteiger partial charge in [-0.05, 0) is 70.8 Å². The van der Waals surface area contributed by atoms with E-state index < -0.39 is 0 Å². The van der Waals surface area contributed by atoms with E-state index in [1.54, 1.807) is 0 Å². The van der Waals surface area contributed by atoms with E-state index in [0.717, 1.165) is 44.2 Å². The molecule has 0 amide bonds. The maximum atomic E-state index is 6.67. The molecule has 0 N–H and O–H groups in total. The van der Waals surface area contributed by atoms with Crippen LogP contribution in [0.1, 0.15) is 0 Å². The lowest BCUT2D eigenvalue weighted by molar-refractivity contribution is 0.669. The number of thiophene rings is 2. The highest BCUT2D eigenvalue weighted by Crippen LogP contribution is 2.47.